The average Bonchev–Trinajstić information content (AvgIpc) is 2.56. The lowest BCUT2D eigenvalue weighted by molar-refractivity contribution is -0.112. The van der Waals surface area contributed by atoms with E-state index in [1.54, 1.807) is 12.1 Å². The Kier molecular flexibility index (Phi) is 6.20. The van der Waals surface area contributed by atoms with Crippen LogP contribution in [0.25, 0.3) is 6.08 Å². The molecule has 3 nitrogen and oxygen atoms in total. The number of hydrogen-bond donors (Lipinski definition) is 1. The largest absolute Gasteiger partial charge is 0.320 e. The molecule has 0 bridgehead atoms. The van der Waals surface area contributed by atoms with Crippen molar-refractivity contribution in [1.29, 1.82) is 5.26 Å². The molecule has 2 aromatic rings. The molecule has 1 N–H and O–H groups in total. The molecule has 0 aliphatic heterocycles. The third-order valence-corrected chi connectivity index (χ3v) is 3.66. The Morgan fingerprint density at radius 3 is 2.50 bits per heavy atom. The van der Waals surface area contributed by atoms with Crippen LogP contribution in [0.1, 0.15) is 12.5 Å². The summed E-state index contributed by atoms with van der Waals surface area (Å²) < 4.78 is 0. The maximum absolute atomic E-state index is 12.2. The molecular weight excluding hydrogens is 343 g/mol. The van der Waals surface area contributed by atoms with Gasteiger partial charge in [-0.3, -0.25) is 4.79 Å². The Morgan fingerprint density at radius 2 is 1.88 bits per heavy atom. The van der Waals surface area contributed by atoms with E-state index in [4.69, 9.17) is 23.2 Å². The first-order chi connectivity index (χ1) is 11.5. The Balaban J connectivity index is 2.19. The minimum Gasteiger partial charge on any atom is -0.320 e. The van der Waals surface area contributed by atoms with Gasteiger partial charge in [-0.2, -0.15) is 5.26 Å². The van der Waals surface area contributed by atoms with Crippen LogP contribution in [0.5, 0.6) is 0 Å². The molecule has 0 aliphatic rings. The highest BCUT2D eigenvalue weighted by Gasteiger charge is 2.11. The Labute approximate surface area is 150 Å². The molecule has 2 rings (SSSR count). The first-order valence-electron chi connectivity index (χ1n) is 7.11. The van der Waals surface area contributed by atoms with Gasteiger partial charge in [0.15, 0.2) is 0 Å². The van der Waals surface area contributed by atoms with Gasteiger partial charge in [0.25, 0.3) is 5.91 Å². The number of benzene rings is 2. The molecule has 120 valence electrons. The van der Waals surface area contributed by atoms with Gasteiger partial charge in [-0.15, -0.1) is 0 Å². The molecule has 0 saturated heterocycles. The number of allylic oxidation sites excluding steroid dienone is 2. The zero-order valence-corrected chi connectivity index (χ0v) is 14.4. The lowest BCUT2D eigenvalue weighted by atomic mass is 10.1. The summed E-state index contributed by atoms with van der Waals surface area (Å²) in [5, 5.41) is 12.6. The Bertz CT molecular complexity index is 849. The van der Waals surface area contributed by atoms with E-state index in [-0.39, 0.29) is 5.57 Å². The van der Waals surface area contributed by atoms with Gasteiger partial charge in [-0.1, -0.05) is 59.6 Å². The van der Waals surface area contributed by atoms with Crippen LogP contribution < -0.4 is 5.32 Å². The minimum absolute atomic E-state index is 0.00861. The summed E-state index contributed by atoms with van der Waals surface area (Å²) in [6.07, 6.45) is 3.42. The second-order valence-electron chi connectivity index (χ2n) is 5.05. The number of nitrogens with zero attached hydrogens (tertiary/aromatic N) is 1. The summed E-state index contributed by atoms with van der Waals surface area (Å²) in [4.78, 5) is 12.2. The number of halogens is 2. The fourth-order valence-corrected chi connectivity index (χ4v) is 2.47. The van der Waals surface area contributed by atoms with Crippen LogP contribution in [0.4, 0.5) is 5.69 Å². The predicted octanol–water partition coefficient (Wildman–Crippen LogP) is 5.49. The zero-order valence-electron chi connectivity index (χ0n) is 12.9. The SMILES string of the molecule is CC(=C\c1ccccc1)/C=C(\C#N)C(=O)Nc1ccc(Cl)cc1Cl. The molecule has 2 aromatic carbocycles. The smallest absolute Gasteiger partial charge is 0.266 e. The first kappa shape index (κ1) is 17.8. The molecule has 0 unspecified atom stereocenters. The van der Waals surface area contributed by atoms with Crippen molar-refractivity contribution >= 4 is 40.9 Å². The van der Waals surface area contributed by atoms with Crippen molar-refractivity contribution in [2.24, 2.45) is 0 Å². The molecule has 0 saturated carbocycles. The fraction of sp³-hybridized carbons (Fsp3) is 0.0526. The number of hydrogen-bond acceptors (Lipinski definition) is 2. The van der Waals surface area contributed by atoms with E-state index in [2.05, 4.69) is 5.32 Å². The van der Waals surface area contributed by atoms with Gasteiger partial charge >= 0.3 is 0 Å². The summed E-state index contributed by atoms with van der Waals surface area (Å²) >= 11 is 11.8. The van der Waals surface area contributed by atoms with Crippen LogP contribution in [0.3, 0.4) is 0 Å². The number of amides is 1. The van der Waals surface area contributed by atoms with Crippen LogP contribution in [0.2, 0.25) is 10.0 Å². The van der Waals surface area contributed by atoms with Crippen molar-refractivity contribution in [3.05, 3.63) is 81.4 Å². The number of anilines is 1. The van der Waals surface area contributed by atoms with Crippen LogP contribution in [-0.4, -0.2) is 5.91 Å². The van der Waals surface area contributed by atoms with Crippen LogP contribution >= 0.6 is 23.2 Å². The summed E-state index contributed by atoms with van der Waals surface area (Å²) in [6.45, 7) is 1.83. The maximum Gasteiger partial charge on any atom is 0.266 e. The second-order valence-corrected chi connectivity index (χ2v) is 5.89. The topological polar surface area (TPSA) is 52.9 Å². The van der Waals surface area contributed by atoms with Crippen molar-refractivity contribution in [1.82, 2.24) is 0 Å². The molecule has 5 heteroatoms. The lowest BCUT2D eigenvalue weighted by Gasteiger charge is -2.07. The first-order valence-corrected chi connectivity index (χ1v) is 7.87. The van der Waals surface area contributed by atoms with Gasteiger partial charge in [-0.05, 0) is 42.3 Å². The summed E-state index contributed by atoms with van der Waals surface area (Å²) in [5.41, 5.74) is 2.17. The third-order valence-electron chi connectivity index (χ3n) is 3.11. The Morgan fingerprint density at radius 1 is 1.17 bits per heavy atom. The summed E-state index contributed by atoms with van der Waals surface area (Å²) in [5.74, 6) is -0.525. The van der Waals surface area contributed by atoms with Gasteiger partial charge in [0.2, 0.25) is 0 Å². The van der Waals surface area contributed by atoms with Crippen LogP contribution in [-0.2, 0) is 4.79 Å². The molecular formula is C19H14Cl2N2O. The van der Waals surface area contributed by atoms with Crippen molar-refractivity contribution in [2.75, 3.05) is 5.32 Å². The summed E-state index contributed by atoms with van der Waals surface area (Å²) in [7, 11) is 0. The van der Waals surface area contributed by atoms with Gasteiger partial charge in [0, 0.05) is 5.02 Å². The monoisotopic (exact) mass is 356 g/mol. The van der Waals surface area contributed by atoms with Gasteiger partial charge in [0.05, 0.1) is 10.7 Å². The molecule has 1 amide bonds. The highest BCUT2D eigenvalue weighted by Crippen LogP contribution is 2.25. The molecule has 0 aliphatic carbocycles. The number of rotatable bonds is 4. The standard InChI is InChI=1S/C19H14Cl2N2O/c1-13(9-14-5-3-2-4-6-14)10-15(12-22)19(24)23-18-8-7-16(20)11-17(18)21/h2-11H,1H3,(H,23,24)/b13-9+,15-10+. The van der Waals surface area contributed by atoms with E-state index in [9.17, 15) is 10.1 Å². The zero-order chi connectivity index (χ0) is 17.5. The molecule has 0 aromatic heterocycles. The van der Waals surface area contributed by atoms with E-state index in [1.807, 2.05) is 49.4 Å². The van der Waals surface area contributed by atoms with Crippen LogP contribution in [0.15, 0.2) is 65.8 Å². The average molecular weight is 357 g/mol. The summed E-state index contributed by atoms with van der Waals surface area (Å²) in [6, 6.07) is 16.3. The predicted molar refractivity (Wildman–Crippen MR) is 98.9 cm³/mol. The third kappa shape index (κ3) is 4.99. The molecule has 0 atom stereocenters. The maximum atomic E-state index is 12.2. The second kappa shape index (κ2) is 8.35. The highest BCUT2D eigenvalue weighted by molar-refractivity contribution is 6.36. The van der Waals surface area contributed by atoms with E-state index < -0.39 is 5.91 Å². The van der Waals surface area contributed by atoms with E-state index >= 15 is 0 Å². The molecule has 0 radical (unpaired) electrons. The van der Waals surface area contributed by atoms with Gasteiger partial charge in [0.1, 0.15) is 11.6 Å². The van der Waals surface area contributed by atoms with Crippen molar-refractivity contribution in [3.8, 4) is 6.07 Å². The molecule has 0 heterocycles. The number of carbonyl (C=O) groups is 1. The number of nitriles is 1. The fourth-order valence-electron chi connectivity index (χ4n) is 2.01. The van der Waals surface area contributed by atoms with Crippen molar-refractivity contribution in [2.45, 2.75) is 6.92 Å². The Hall–Kier alpha value is -2.54. The quantitative estimate of drug-likeness (QED) is 0.447. The van der Waals surface area contributed by atoms with Crippen molar-refractivity contribution in [3.63, 3.8) is 0 Å². The number of carbonyl (C=O) groups excluding carboxylic acids is 1. The van der Waals surface area contributed by atoms with Crippen LogP contribution in [0, 0.1) is 11.3 Å². The molecule has 0 fully saturated rings. The van der Waals surface area contributed by atoms with E-state index in [0.29, 0.717) is 15.7 Å². The number of nitrogens with one attached hydrogen (secondary N) is 1. The molecule has 24 heavy (non-hydrogen) atoms. The van der Waals surface area contributed by atoms with Gasteiger partial charge < -0.3 is 5.32 Å². The normalized spacial score (nSPS) is 11.8. The highest BCUT2D eigenvalue weighted by atomic mass is 35.5. The van der Waals surface area contributed by atoms with Gasteiger partial charge in [-0.25, -0.2) is 0 Å². The lowest BCUT2D eigenvalue weighted by Crippen LogP contribution is -2.14. The van der Waals surface area contributed by atoms with Crippen molar-refractivity contribution < 1.29 is 4.79 Å². The van der Waals surface area contributed by atoms with E-state index in [1.165, 1.54) is 12.1 Å². The molecule has 0 spiro atoms. The van der Waals surface area contributed by atoms with E-state index in [0.717, 1.165) is 11.1 Å². The minimum atomic E-state index is -0.525.